The van der Waals surface area contributed by atoms with Gasteiger partial charge in [-0.2, -0.15) is 0 Å². The molecule has 0 atom stereocenters. The van der Waals surface area contributed by atoms with Crippen molar-refractivity contribution in [3.63, 3.8) is 0 Å². The average Bonchev–Trinajstić information content (AvgIpc) is 2.54. The third kappa shape index (κ3) is 11.8. The van der Waals surface area contributed by atoms with Crippen molar-refractivity contribution in [2.45, 2.75) is 97.8 Å². The summed E-state index contributed by atoms with van der Waals surface area (Å²) in [6.45, 7) is 12.4. The maximum atomic E-state index is 6.03. The monoisotopic (exact) mass is 332 g/mol. The van der Waals surface area contributed by atoms with Crippen molar-refractivity contribution in [2.24, 2.45) is 0 Å². The number of halogens is 1. The van der Waals surface area contributed by atoms with Crippen molar-refractivity contribution in [3.05, 3.63) is 0 Å². The van der Waals surface area contributed by atoms with Crippen LogP contribution in [0, 0.1) is 0 Å². The van der Waals surface area contributed by atoms with Crippen LogP contribution in [0.3, 0.4) is 0 Å². The van der Waals surface area contributed by atoms with Gasteiger partial charge in [0.15, 0.2) is 0 Å². The highest BCUT2D eigenvalue weighted by Crippen LogP contribution is 2.18. The van der Waals surface area contributed by atoms with Gasteiger partial charge in [-0.05, 0) is 38.5 Å². The zero-order valence-corrected chi connectivity index (χ0v) is 16.6. The summed E-state index contributed by atoms with van der Waals surface area (Å²) in [4.78, 5) is 0. The molecule has 0 radical (unpaired) electrons. The Hall–Kier alpha value is 0.250. The predicted molar refractivity (Wildman–Crippen MR) is 103 cm³/mol. The molecule has 2 heteroatoms. The second kappa shape index (κ2) is 16.1. The minimum absolute atomic E-state index is 0.831. The molecule has 0 aromatic rings. The SMILES string of the molecule is CCCCCC[N+](CCCCl)(CCCCC)CCCCCC. The van der Waals surface area contributed by atoms with Crippen molar-refractivity contribution >= 4 is 11.6 Å². The van der Waals surface area contributed by atoms with Gasteiger partial charge in [0, 0.05) is 12.3 Å². The number of quaternary nitrogens is 1. The number of hydrogen-bond donors (Lipinski definition) is 0. The van der Waals surface area contributed by atoms with E-state index in [0.29, 0.717) is 0 Å². The van der Waals surface area contributed by atoms with E-state index in [1.54, 1.807) is 0 Å². The molecule has 0 aliphatic rings. The third-order valence-electron chi connectivity index (χ3n) is 4.97. The first-order valence-corrected chi connectivity index (χ1v) is 10.7. The summed E-state index contributed by atoms with van der Waals surface area (Å²) in [6, 6.07) is 0. The normalized spacial score (nSPS) is 12.0. The van der Waals surface area contributed by atoms with Crippen LogP contribution in [0.4, 0.5) is 0 Å². The predicted octanol–water partition coefficient (Wildman–Crippen LogP) is 6.78. The number of unbranched alkanes of at least 4 members (excludes halogenated alkanes) is 8. The van der Waals surface area contributed by atoms with Crippen molar-refractivity contribution < 1.29 is 4.48 Å². The smallest absolute Gasteiger partial charge is 0.0798 e. The first-order chi connectivity index (χ1) is 10.7. The highest BCUT2D eigenvalue weighted by Gasteiger charge is 2.25. The molecule has 134 valence electrons. The molecule has 0 fully saturated rings. The number of alkyl halides is 1. The fourth-order valence-electron chi connectivity index (χ4n) is 3.51. The van der Waals surface area contributed by atoms with Crippen molar-refractivity contribution in [2.75, 3.05) is 32.1 Å². The molecule has 0 aliphatic heterocycles. The molecule has 0 unspecified atom stereocenters. The Balaban J connectivity index is 4.49. The molecule has 0 aromatic carbocycles. The summed E-state index contributed by atoms with van der Waals surface area (Å²) < 4.78 is 1.36. The van der Waals surface area contributed by atoms with Crippen LogP contribution in [0.1, 0.15) is 97.8 Å². The molecule has 0 aliphatic carbocycles. The van der Waals surface area contributed by atoms with E-state index in [2.05, 4.69) is 20.8 Å². The van der Waals surface area contributed by atoms with E-state index in [0.717, 1.165) is 5.88 Å². The lowest BCUT2D eigenvalue weighted by atomic mass is 10.1. The zero-order chi connectivity index (χ0) is 16.5. The Morgan fingerprint density at radius 3 is 1.27 bits per heavy atom. The Bertz CT molecular complexity index is 206. The number of rotatable bonds is 17. The molecule has 1 nitrogen and oxygen atoms in total. The minimum Gasteiger partial charge on any atom is -0.324 e. The molecule has 0 N–H and O–H groups in total. The van der Waals surface area contributed by atoms with E-state index in [4.69, 9.17) is 11.6 Å². The Morgan fingerprint density at radius 2 is 0.864 bits per heavy atom. The minimum atomic E-state index is 0.831. The lowest BCUT2D eigenvalue weighted by Crippen LogP contribution is -2.51. The second-order valence-corrected chi connectivity index (χ2v) is 7.48. The molecular weight excluding hydrogens is 290 g/mol. The number of nitrogens with zero attached hydrogens (tertiary/aromatic N) is 1. The first-order valence-electron chi connectivity index (χ1n) is 10.2. The number of hydrogen-bond acceptors (Lipinski definition) is 0. The fraction of sp³-hybridized carbons (Fsp3) is 1.00. The summed E-state index contributed by atoms with van der Waals surface area (Å²) in [5.41, 5.74) is 0. The molecule has 0 heterocycles. The van der Waals surface area contributed by atoms with Gasteiger partial charge >= 0.3 is 0 Å². The molecule has 0 aromatic heterocycles. The maximum absolute atomic E-state index is 6.03. The van der Waals surface area contributed by atoms with E-state index in [1.165, 1.54) is 108 Å². The second-order valence-electron chi connectivity index (χ2n) is 7.11. The van der Waals surface area contributed by atoms with Crippen molar-refractivity contribution in [1.29, 1.82) is 0 Å². The van der Waals surface area contributed by atoms with Gasteiger partial charge in [-0.25, -0.2) is 0 Å². The summed E-state index contributed by atoms with van der Waals surface area (Å²) in [6.07, 6.45) is 16.5. The van der Waals surface area contributed by atoms with E-state index in [9.17, 15) is 0 Å². The van der Waals surface area contributed by atoms with Crippen molar-refractivity contribution in [3.8, 4) is 0 Å². The van der Waals surface area contributed by atoms with Crippen LogP contribution in [0.5, 0.6) is 0 Å². The molecule has 0 spiro atoms. The van der Waals surface area contributed by atoms with Gasteiger partial charge in [-0.15, -0.1) is 11.6 Å². The van der Waals surface area contributed by atoms with E-state index in [-0.39, 0.29) is 0 Å². The standard InChI is InChI=1S/C20H43ClN/c1-4-7-10-13-18-22(20-15-16-21,17-12-9-6-3)19-14-11-8-5-2/h4-20H2,1-3H3/q+1. The van der Waals surface area contributed by atoms with Gasteiger partial charge in [0.05, 0.1) is 26.2 Å². The topological polar surface area (TPSA) is 0 Å². The summed E-state index contributed by atoms with van der Waals surface area (Å²) in [7, 11) is 0. The maximum Gasteiger partial charge on any atom is 0.0798 e. The molecule has 0 bridgehead atoms. The molecule has 0 saturated carbocycles. The summed E-state index contributed by atoms with van der Waals surface area (Å²) in [5.74, 6) is 0.831. The summed E-state index contributed by atoms with van der Waals surface area (Å²) >= 11 is 6.03. The van der Waals surface area contributed by atoms with Crippen LogP contribution in [0.2, 0.25) is 0 Å². The average molecular weight is 333 g/mol. The third-order valence-corrected chi connectivity index (χ3v) is 5.24. The Morgan fingerprint density at radius 1 is 0.500 bits per heavy atom. The van der Waals surface area contributed by atoms with E-state index >= 15 is 0 Å². The molecular formula is C20H43ClN+. The molecule has 0 saturated heterocycles. The largest absolute Gasteiger partial charge is 0.324 e. The molecule has 0 rings (SSSR count). The quantitative estimate of drug-likeness (QED) is 0.156. The van der Waals surface area contributed by atoms with Crippen LogP contribution >= 0.6 is 11.6 Å². The molecule has 22 heavy (non-hydrogen) atoms. The van der Waals surface area contributed by atoms with Gasteiger partial charge in [-0.1, -0.05) is 52.9 Å². The van der Waals surface area contributed by atoms with Gasteiger partial charge in [-0.3, -0.25) is 0 Å². The lowest BCUT2D eigenvalue weighted by Gasteiger charge is -2.39. The van der Waals surface area contributed by atoms with Gasteiger partial charge in [0.25, 0.3) is 0 Å². The first kappa shape index (κ1) is 22.2. The highest BCUT2D eigenvalue weighted by molar-refractivity contribution is 6.17. The highest BCUT2D eigenvalue weighted by atomic mass is 35.5. The van der Waals surface area contributed by atoms with Gasteiger partial charge in [0.1, 0.15) is 0 Å². The van der Waals surface area contributed by atoms with Gasteiger partial charge < -0.3 is 4.48 Å². The fourth-order valence-corrected chi connectivity index (χ4v) is 3.63. The van der Waals surface area contributed by atoms with Crippen LogP contribution in [-0.2, 0) is 0 Å². The van der Waals surface area contributed by atoms with E-state index in [1.807, 2.05) is 0 Å². The molecule has 0 amide bonds. The van der Waals surface area contributed by atoms with Crippen LogP contribution < -0.4 is 0 Å². The van der Waals surface area contributed by atoms with Crippen LogP contribution in [0.25, 0.3) is 0 Å². The van der Waals surface area contributed by atoms with Crippen LogP contribution in [-0.4, -0.2) is 36.5 Å². The van der Waals surface area contributed by atoms with Gasteiger partial charge in [0.2, 0.25) is 0 Å². The summed E-state index contributed by atoms with van der Waals surface area (Å²) in [5, 5.41) is 0. The Labute approximate surface area is 146 Å². The van der Waals surface area contributed by atoms with Crippen LogP contribution in [0.15, 0.2) is 0 Å². The van der Waals surface area contributed by atoms with E-state index < -0.39 is 0 Å². The lowest BCUT2D eigenvalue weighted by molar-refractivity contribution is -0.928. The van der Waals surface area contributed by atoms with Crippen molar-refractivity contribution in [1.82, 2.24) is 0 Å². The Kier molecular flexibility index (Phi) is 16.3. The zero-order valence-electron chi connectivity index (χ0n) is 15.8.